The van der Waals surface area contributed by atoms with E-state index in [1.54, 1.807) is 0 Å². The summed E-state index contributed by atoms with van der Waals surface area (Å²) in [5.41, 5.74) is 0. The van der Waals surface area contributed by atoms with Gasteiger partial charge in [-0.25, -0.2) is 8.42 Å². The van der Waals surface area contributed by atoms with Crippen LogP contribution in [0.1, 0.15) is 39.0 Å². The van der Waals surface area contributed by atoms with Gasteiger partial charge in [0.2, 0.25) is 0 Å². The second-order valence-electron chi connectivity index (χ2n) is 4.88. The summed E-state index contributed by atoms with van der Waals surface area (Å²) < 4.78 is 23.0. The molecule has 1 atom stereocenters. The molecule has 1 rings (SSSR count). The minimum Gasteiger partial charge on any atom is -0.396 e. The molecule has 0 spiro atoms. The van der Waals surface area contributed by atoms with Gasteiger partial charge < -0.3 is 5.11 Å². The Balaban J connectivity index is 2.44. The van der Waals surface area contributed by atoms with Crippen LogP contribution in [-0.2, 0) is 9.84 Å². The molecule has 1 saturated heterocycles. The Morgan fingerprint density at radius 1 is 1.24 bits per heavy atom. The lowest BCUT2D eigenvalue weighted by Crippen LogP contribution is -2.37. The first-order valence-electron chi connectivity index (χ1n) is 6.64. The Hall–Kier alpha value is -0.130. The van der Waals surface area contributed by atoms with Crippen LogP contribution in [0.2, 0.25) is 0 Å². The van der Waals surface area contributed by atoms with Gasteiger partial charge in [-0.1, -0.05) is 13.3 Å². The number of rotatable bonds is 8. The predicted octanol–water partition coefficient (Wildman–Crippen LogP) is 1.05. The van der Waals surface area contributed by atoms with E-state index in [0.29, 0.717) is 11.5 Å². The highest BCUT2D eigenvalue weighted by molar-refractivity contribution is 7.91. The maximum absolute atomic E-state index is 11.5. The molecule has 5 heteroatoms. The van der Waals surface area contributed by atoms with Crippen LogP contribution in [0, 0.1) is 0 Å². The summed E-state index contributed by atoms with van der Waals surface area (Å²) in [6.07, 6.45) is 4.80. The van der Waals surface area contributed by atoms with E-state index in [1.165, 1.54) is 0 Å². The van der Waals surface area contributed by atoms with E-state index in [4.69, 9.17) is 5.11 Å². The third-order valence-electron chi connectivity index (χ3n) is 3.38. The first-order valence-corrected chi connectivity index (χ1v) is 8.46. The van der Waals surface area contributed by atoms with Gasteiger partial charge in [0.1, 0.15) is 0 Å². The quantitative estimate of drug-likeness (QED) is 0.665. The molecule has 1 unspecified atom stereocenters. The molecule has 1 aliphatic rings. The molecule has 17 heavy (non-hydrogen) atoms. The van der Waals surface area contributed by atoms with Crippen LogP contribution < -0.4 is 0 Å². The summed E-state index contributed by atoms with van der Waals surface area (Å²) in [6, 6.07) is 0.213. The summed E-state index contributed by atoms with van der Waals surface area (Å²) >= 11 is 0. The highest BCUT2D eigenvalue weighted by Crippen LogP contribution is 2.18. The fraction of sp³-hybridized carbons (Fsp3) is 1.00. The lowest BCUT2D eigenvalue weighted by atomic mass is 10.1. The molecule has 0 saturated carbocycles. The van der Waals surface area contributed by atoms with Gasteiger partial charge in [-0.05, 0) is 38.8 Å². The van der Waals surface area contributed by atoms with Crippen molar-refractivity contribution in [2.24, 2.45) is 0 Å². The highest BCUT2D eigenvalue weighted by atomic mass is 32.2. The third-order valence-corrected chi connectivity index (χ3v) is 5.13. The van der Waals surface area contributed by atoms with E-state index in [2.05, 4.69) is 11.8 Å². The topological polar surface area (TPSA) is 57.6 Å². The molecule has 0 bridgehead atoms. The van der Waals surface area contributed by atoms with E-state index in [-0.39, 0.29) is 12.6 Å². The van der Waals surface area contributed by atoms with Gasteiger partial charge in [-0.15, -0.1) is 0 Å². The molecule has 0 aromatic rings. The third kappa shape index (κ3) is 5.36. The van der Waals surface area contributed by atoms with Gasteiger partial charge in [0, 0.05) is 12.6 Å². The number of aliphatic hydroxyl groups is 1. The number of hydrogen-bond acceptors (Lipinski definition) is 4. The number of nitrogens with zero attached hydrogens (tertiary/aromatic N) is 1. The molecule has 4 nitrogen and oxygen atoms in total. The van der Waals surface area contributed by atoms with E-state index < -0.39 is 9.84 Å². The van der Waals surface area contributed by atoms with Crippen LogP contribution in [0.15, 0.2) is 0 Å². The summed E-state index contributed by atoms with van der Waals surface area (Å²) in [5.74, 6) is 0.677. The molecule has 102 valence electrons. The Morgan fingerprint density at radius 3 is 2.47 bits per heavy atom. The van der Waals surface area contributed by atoms with Crippen molar-refractivity contribution in [1.29, 1.82) is 0 Å². The van der Waals surface area contributed by atoms with E-state index >= 15 is 0 Å². The number of sulfone groups is 1. The Labute approximate surface area is 105 Å². The van der Waals surface area contributed by atoms with Crippen LogP contribution >= 0.6 is 0 Å². The van der Waals surface area contributed by atoms with E-state index in [1.807, 2.05) is 0 Å². The monoisotopic (exact) mass is 263 g/mol. The molecule has 1 aliphatic heterocycles. The van der Waals surface area contributed by atoms with Crippen LogP contribution in [0.4, 0.5) is 0 Å². The Morgan fingerprint density at radius 2 is 1.94 bits per heavy atom. The maximum Gasteiger partial charge on any atom is 0.151 e. The molecule has 0 aromatic carbocycles. The second-order valence-corrected chi connectivity index (χ2v) is 7.11. The van der Waals surface area contributed by atoms with Gasteiger partial charge in [-0.3, -0.25) is 4.90 Å². The summed E-state index contributed by atoms with van der Waals surface area (Å²) in [6.45, 7) is 4.28. The first-order chi connectivity index (χ1) is 8.09. The Kier molecular flexibility index (Phi) is 6.44. The molecular formula is C12H25NO3S. The van der Waals surface area contributed by atoms with Crippen LogP contribution in [0.3, 0.4) is 0 Å². The highest BCUT2D eigenvalue weighted by Gasteiger charge is 2.31. The van der Waals surface area contributed by atoms with Gasteiger partial charge in [0.15, 0.2) is 9.84 Å². The van der Waals surface area contributed by atoms with Crippen LogP contribution in [0.5, 0.6) is 0 Å². The minimum absolute atomic E-state index is 0.213. The van der Waals surface area contributed by atoms with Crippen molar-refractivity contribution in [3.8, 4) is 0 Å². The van der Waals surface area contributed by atoms with Crippen molar-refractivity contribution < 1.29 is 13.5 Å². The smallest absolute Gasteiger partial charge is 0.151 e. The van der Waals surface area contributed by atoms with E-state index in [9.17, 15) is 8.42 Å². The van der Waals surface area contributed by atoms with Crippen molar-refractivity contribution in [3.05, 3.63) is 0 Å². The molecular weight excluding hydrogens is 238 g/mol. The van der Waals surface area contributed by atoms with Gasteiger partial charge in [0.05, 0.1) is 11.5 Å². The van der Waals surface area contributed by atoms with Crippen molar-refractivity contribution in [1.82, 2.24) is 4.90 Å². The van der Waals surface area contributed by atoms with Crippen molar-refractivity contribution in [2.75, 3.05) is 31.2 Å². The molecule has 1 heterocycles. The molecule has 1 fully saturated rings. The lowest BCUT2D eigenvalue weighted by molar-refractivity contribution is 0.195. The van der Waals surface area contributed by atoms with E-state index in [0.717, 1.165) is 45.2 Å². The average molecular weight is 263 g/mol. The second kappa shape index (κ2) is 7.34. The summed E-state index contributed by atoms with van der Waals surface area (Å²) in [7, 11) is -2.79. The number of aliphatic hydroxyl groups excluding tert-OH is 1. The molecule has 1 N–H and O–H groups in total. The zero-order chi connectivity index (χ0) is 12.7. The van der Waals surface area contributed by atoms with Gasteiger partial charge in [0.25, 0.3) is 0 Å². The fourth-order valence-corrected chi connectivity index (χ4v) is 4.09. The first kappa shape index (κ1) is 14.9. The minimum atomic E-state index is -2.79. The maximum atomic E-state index is 11.5. The Bertz CT molecular complexity index is 303. The standard InChI is InChI=1S/C12H25NO3S/c1-2-3-7-13(8-4-5-9-14)12-6-10-17(15,16)11-12/h12,14H,2-11H2,1H3. The molecule has 0 aromatic heterocycles. The fourth-order valence-electron chi connectivity index (χ4n) is 2.33. The zero-order valence-corrected chi connectivity index (χ0v) is 11.6. The normalized spacial score (nSPS) is 23.4. The average Bonchev–Trinajstić information content (AvgIpc) is 2.64. The van der Waals surface area contributed by atoms with Crippen molar-refractivity contribution in [2.45, 2.75) is 45.1 Å². The van der Waals surface area contributed by atoms with Crippen molar-refractivity contribution in [3.63, 3.8) is 0 Å². The molecule has 0 aliphatic carbocycles. The summed E-state index contributed by atoms with van der Waals surface area (Å²) in [4.78, 5) is 2.31. The van der Waals surface area contributed by atoms with Crippen LogP contribution in [-0.4, -0.2) is 55.7 Å². The van der Waals surface area contributed by atoms with Gasteiger partial charge >= 0.3 is 0 Å². The van der Waals surface area contributed by atoms with Gasteiger partial charge in [-0.2, -0.15) is 0 Å². The van der Waals surface area contributed by atoms with Crippen molar-refractivity contribution >= 4 is 9.84 Å². The SMILES string of the molecule is CCCCN(CCCCO)C1CCS(=O)(=O)C1. The zero-order valence-electron chi connectivity index (χ0n) is 10.8. The lowest BCUT2D eigenvalue weighted by Gasteiger charge is -2.27. The molecule has 0 radical (unpaired) electrons. The number of hydrogen-bond donors (Lipinski definition) is 1. The molecule has 0 amide bonds. The van der Waals surface area contributed by atoms with Crippen LogP contribution in [0.25, 0.3) is 0 Å². The largest absolute Gasteiger partial charge is 0.396 e. The predicted molar refractivity (Wildman–Crippen MR) is 69.9 cm³/mol. The number of unbranched alkanes of at least 4 members (excludes halogenated alkanes) is 2. The summed E-state index contributed by atoms with van der Waals surface area (Å²) in [5, 5.41) is 8.79.